The van der Waals surface area contributed by atoms with Crippen molar-refractivity contribution < 1.29 is 18.7 Å². The number of ketones is 1. The molecule has 1 atom stereocenters. The lowest BCUT2D eigenvalue weighted by Gasteiger charge is -2.16. The SMILES string of the molecule is CCOC(=O)CC(C(=O)c1ccc(F)cc1)c1cccnc1Cl. The van der Waals surface area contributed by atoms with Gasteiger partial charge >= 0.3 is 5.97 Å². The van der Waals surface area contributed by atoms with Gasteiger partial charge in [0.2, 0.25) is 0 Å². The number of carbonyl (C=O) groups is 2. The molecular formula is C17H15ClFNO3. The molecule has 0 aliphatic rings. The number of carbonyl (C=O) groups excluding carboxylic acids is 2. The molecule has 2 rings (SSSR count). The van der Waals surface area contributed by atoms with Crippen LogP contribution in [-0.4, -0.2) is 23.3 Å². The Labute approximate surface area is 138 Å². The number of hydrogen-bond acceptors (Lipinski definition) is 4. The molecule has 23 heavy (non-hydrogen) atoms. The van der Waals surface area contributed by atoms with Crippen molar-refractivity contribution in [3.05, 3.63) is 64.7 Å². The highest BCUT2D eigenvalue weighted by molar-refractivity contribution is 6.30. The topological polar surface area (TPSA) is 56.3 Å². The summed E-state index contributed by atoms with van der Waals surface area (Å²) in [6.45, 7) is 1.91. The Kier molecular flexibility index (Phi) is 5.82. The minimum atomic E-state index is -0.833. The fourth-order valence-electron chi connectivity index (χ4n) is 2.20. The number of benzene rings is 1. The fourth-order valence-corrected chi connectivity index (χ4v) is 2.46. The van der Waals surface area contributed by atoms with Gasteiger partial charge in [-0.25, -0.2) is 9.37 Å². The number of esters is 1. The van der Waals surface area contributed by atoms with E-state index in [-0.39, 0.29) is 24.0 Å². The van der Waals surface area contributed by atoms with Crippen LogP contribution in [0.4, 0.5) is 4.39 Å². The number of Topliss-reactive ketones (excluding diaryl/α,β-unsaturated/α-hetero) is 1. The quantitative estimate of drug-likeness (QED) is 0.458. The maximum absolute atomic E-state index is 13.0. The molecule has 0 aliphatic carbocycles. The smallest absolute Gasteiger partial charge is 0.306 e. The zero-order valence-electron chi connectivity index (χ0n) is 12.5. The third-order valence-corrected chi connectivity index (χ3v) is 3.60. The normalized spacial score (nSPS) is 11.8. The Balaban J connectivity index is 2.36. The highest BCUT2D eigenvalue weighted by Gasteiger charge is 2.27. The Bertz CT molecular complexity index is 703. The van der Waals surface area contributed by atoms with E-state index in [9.17, 15) is 14.0 Å². The summed E-state index contributed by atoms with van der Waals surface area (Å²) in [5, 5.41) is 0.150. The largest absolute Gasteiger partial charge is 0.466 e. The number of halogens is 2. The van der Waals surface area contributed by atoms with Crippen LogP contribution in [0.2, 0.25) is 5.15 Å². The molecule has 0 saturated heterocycles. The summed E-state index contributed by atoms with van der Waals surface area (Å²) in [4.78, 5) is 28.5. The van der Waals surface area contributed by atoms with E-state index in [1.807, 2.05) is 0 Å². The van der Waals surface area contributed by atoms with Gasteiger partial charge in [-0.15, -0.1) is 0 Å². The van der Waals surface area contributed by atoms with Gasteiger partial charge in [-0.3, -0.25) is 9.59 Å². The van der Waals surface area contributed by atoms with E-state index in [2.05, 4.69) is 4.98 Å². The molecule has 0 amide bonds. The summed E-state index contributed by atoms with van der Waals surface area (Å²) in [5.41, 5.74) is 0.733. The van der Waals surface area contributed by atoms with Crippen LogP contribution >= 0.6 is 11.6 Å². The lowest BCUT2D eigenvalue weighted by atomic mass is 9.89. The van der Waals surface area contributed by atoms with Crippen molar-refractivity contribution in [1.29, 1.82) is 0 Å². The predicted octanol–water partition coefficient (Wildman–Crippen LogP) is 3.79. The third kappa shape index (κ3) is 4.36. The maximum Gasteiger partial charge on any atom is 0.306 e. The average molecular weight is 336 g/mol. The Morgan fingerprint density at radius 2 is 1.96 bits per heavy atom. The van der Waals surface area contributed by atoms with Crippen molar-refractivity contribution in [2.45, 2.75) is 19.3 Å². The summed E-state index contributed by atoms with van der Waals surface area (Å²) in [6.07, 6.45) is 1.34. The molecule has 0 spiro atoms. The number of pyridine rings is 1. The predicted molar refractivity (Wildman–Crippen MR) is 84.0 cm³/mol. The molecule has 0 saturated carbocycles. The molecule has 6 heteroatoms. The first kappa shape index (κ1) is 17.1. The van der Waals surface area contributed by atoms with Gasteiger partial charge in [-0.1, -0.05) is 17.7 Å². The molecule has 0 radical (unpaired) electrons. The van der Waals surface area contributed by atoms with Crippen LogP contribution < -0.4 is 0 Å². The van der Waals surface area contributed by atoms with Gasteiger partial charge < -0.3 is 4.74 Å². The molecule has 1 aromatic carbocycles. The Morgan fingerprint density at radius 3 is 2.57 bits per heavy atom. The van der Waals surface area contributed by atoms with Crippen molar-refractivity contribution in [2.75, 3.05) is 6.61 Å². The van der Waals surface area contributed by atoms with E-state index in [0.29, 0.717) is 11.1 Å². The first-order chi connectivity index (χ1) is 11.0. The highest BCUT2D eigenvalue weighted by Crippen LogP contribution is 2.29. The van der Waals surface area contributed by atoms with Crippen molar-refractivity contribution in [3.63, 3.8) is 0 Å². The molecule has 0 bridgehead atoms. The van der Waals surface area contributed by atoms with Gasteiger partial charge in [0.15, 0.2) is 5.78 Å². The number of nitrogens with zero attached hydrogens (tertiary/aromatic N) is 1. The van der Waals surface area contributed by atoms with E-state index >= 15 is 0 Å². The minimum absolute atomic E-state index is 0.150. The van der Waals surface area contributed by atoms with E-state index in [4.69, 9.17) is 16.3 Å². The third-order valence-electron chi connectivity index (χ3n) is 3.28. The number of hydrogen-bond donors (Lipinski definition) is 0. The lowest BCUT2D eigenvalue weighted by Crippen LogP contribution is -2.19. The van der Waals surface area contributed by atoms with Gasteiger partial charge in [0.05, 0.1) is 18.9 Å². The van der Waals surface area contributed by atoms with Crippen molar-refractivity contribution in [1.82, 2.24) is 4.98 Å². The van der Waals surface area contributed by atoms with Crippen LogP contribution in [-0.2, 0) is 9.53 Å². The fraction of sp³-hybridized carbons (Fsp3) is 0.235. The van der Waals surface area contributed by atoms with E-state index in [1.165, 1.54) is 30.5 Å². The average Bonchev–Trinajstić information content (AvgIpc) is 2.54. The van der Waals surface area contributed by atoms with E-state index in [0.717, 1.165) is 0 Å². The van der Waals surface area contributed by atoms with Crippen LogP contribution in [0.1, 0.15) is 35.2 Å². The monoisotopic (exact) mass is 335 g/mol. The molecule has 2 aromatic rings. The van der Waals surface area contributed by atoms with Gasteiger partial charge in [-0.2, -0.15) is 0 Å². The molecule has 4 nitrogen and oxygen atoms in total. The molecular weight excluding hydrogens is 321 g/mol. The van der Waals surface area contributed by atoms with E-state index in [1.54, 1.807) is 19.1 Å². The lowest BCUT2D eigenvalue weighted by molar-refractivity contribution is -0.143. The number of ether oxygens (including phenoxy) is 1. The van der Waals surface area contributed by atoms with Crippen LogP contribution in [0.5, 0.6) is 0 Å². The first-order valence-corrected chi connectivity index (χ1v) is 7.46. The van der Waals surface area contributed by atoms with Gasteiger partial charge in [0.1, 0.15) is 11.0 Å². The van der Waals surface area contributed by atoms with Gasteiger partial charge in [-0.05, 0) is 37.3 Å². The summed E-state index contributed by atoms with van der Waals surface area (Å²) in [7, 11) is 0. The molecule has 0 N–H and O–H groups in total. The van der Waals surface area contributed by atoms with Crippen LogP contribution in [0.25, 0.3) is 0 Å². The van der Waals surface area contributed by atoms with Gasteiger partial charge in [0.25, 0.3) is 0 Å². The second-order valence-electron chi connectivity index (χ2n) is 4.82. The zero-order chi connectivity index (χ0) is 16.8. The summed E-state index contributed by atoms with van der Waals surface area (Å²) in [5.74, 6) is -2.12. The standard InChI is InChI=1S/C17H15ClFNO3/c1-2-23-15(21)10-14(13-4-3-9-20-17(13)18)16(22)11-5-7-12(19)8-6-11/h3-9,14H,2,10H2,1H3. The number of rotatable bonds is 6. The van der Waals surface area contributed by atoms with Gasteiger partial charge in [0, 0.05) is 17.3 Å². The minimum Gasteiger partial charge on any atom is -0.466 e. The Hall–Kier alpha value is -2.27. The molecule has 120 valence electrons. The van der Waals surface area contributed by atoms with Crippen LogP contribution in [0.3, 0.4) is 0 Å². The molecule has 1 unspecified atom stereocenters. The summed E-state index contributed by atoms with van der Waals surface area (Å²) in [6, 6.07) is 8.41. The second kappa shape index (κ2) is 7.83. The van der Waals surface area contributed by atoms with Crippen molar-refractivity contribution in [3.8, 4) is 0 Å². The maximum atomic E-state index is 13.0. The summed E-state index contributed by atoms with van der Waals surface area (Å²) < 4.78 is 18.0. The molecule has 0 fully saturated rings. The molecule has 1 aromatic heterocycles. The van der Waals surface area contributed by atoms with Crippen LogP contribution in [0, 0.1) is 5.82 Å². The zero-order valence-corrected chi connectivity index (χ0v) is 13.2. The number of aromatic nitrogens is 1. The Morgan fingerprint density at radius 1 is 1.26 bits per heavy atom. The van der Waals surface area contributed by atoms with E-state index < -0.39 is 17.7 Å². The molecule has 0 aliphatic heterocycles. The second-order valence-corrected chi connectivity index (χ2v) is 5.17. The summed E-state index contributed by atoms with van der Waals surface area (Å²) >= 11 is 6.06. The first-order valence-electron chi connectivity index (χ1n) is 7.08. The molecule has 1 heterocycles. The van der Waals surface area contributed by atoms with Crippen molar-refractivity contribution >= 4 is 23.4 Å². The van der Waals surface area contributed by atoms with Crippen molar-refractivity contribution in [2.24, 2.45) is 0 Å². The van der Waals surface area contributed by atoms with Crippen LogP contribution in [0.15, 0.2) is 42.6 Å². The highest BCUT2D eigenvalue weighted by atomic mass is 35.5.